The Labute approximate surface area is 174 Å². The van der Waals surface area contributed by atoms with Gasteiger partial charge in [-0.25, -0.2) is 23.5 Å². The Bertz CT molecular complexity index is 1400. The number of halogens is 3. The summed E-state index contributed by atoms with van der Waals surface area (Å²) in [6, 6.07) is 11.8. The minimum Gasteiger partial charge on any atom is -0.324 e. The lowest BCUT2D eigenvalue weighted by molar-refractivity contribution is -0.145. The summed E-state index contributed by atoms with van der Waals surface area (Å²) in [5.41, 5.74) is 1.09. The molecule has 0 spiro atoms. The van der Waals surface area contributed by atoms with Crippen LogP contribution >= 0.6 is 0 Å². The lowest BCUT2D eigenvalue weighted by atomic mass is 10.3. The molecule has 0 atom stereocenters. The summed E-state index contributed by atoms with van der Waals surface area (Å²) in [6.07, 6.45) is -3.35. The third-order valence-corrected chi connectivity index (χ3v) is 5.30. The molecule has 160 valence electrons. The summed E-state index contributed by atoms with van der Waals surface area (Å²) in [4.78, 5) is 11.9. The van der Waals surface area contributed by atoms with E-state index in [2.05, 4.69) is 20.3 Å². The molecule has 0 amide bonds. The molecule has 0 aliphatic heterocycles. The number of anilines is 2. The predicted molar refractivity (Wildman–Crippen MR) is 107 cm³/mol. The van der Waals surface area contributed by atoms with Crippen molar-refractivity contribution >= 4 is 32.7 Å². The van der Waals surface area contributed by atoms with Crippen molar-refractivity contribution in [2.45, 2.75) is 18.0 Å². The molecule has 3 N–H and O–H groups in total. The predicted octanol–water partition coefficient (Wildman–Crippen LogP) is 3.53. The van der Waals surface area contributed by atoms with Gasteiger partial charge < -0.3 is 5.32 Å². The van der Waals surface area contributed by atoms with Crippen LogP contribution in [0.25, 0.3) is 16.9 Å². The van der Waals surface area contributed by atoms with Gasteiger partial charge in [0, 0.05) is 17.4 Å². The number of primary sulfonamides is 1. The number of nitrogens with one attached hydrogen (secondary N) is 1. The van der Waals surface area contributed by atoms with Gasteiger partial charge in [0.25, 0.3) is 0 Å². The molecular weight excluding hydrogens is 433 g/mol. The fourth-order valence-corrected chi connectivity index (χ4v) is 3.59. The Morgan fingerprint density at radius 1 is 1.06 bits per heavy atom. The summed E-state index contributed by atoms with van der Waals surface area (Å²) in [6.45, 7) is 1.58. The van der Waals surface area contributed by atoms with Crippen molar-refractivity contribution in [1.29, 1.82) is 0 Å². The number of nitrogens with two attached hydrogens (primary N) is 1. The van der Waals surface area contributed by atoms with E-state index in [1.807, 2.05) is 0 Å². The quantitative estimate of drug-likeness (QED) is 0.493. The van der Waals surface area contributed by atoms with Crippen LogP contribution in [-0.2, 0) is 16.2 Å². The molecule has 0 bridgehead atoms. The van der Waals surface area contributed by atoms with Crippen LogP contribution in [0, 0.1) is 6.92 Å². The van der Waals surface area contributed by atoms with E-state index in [1.54, 1.807) is 25.1 Å². The molecule has 8 nitrogen and oxygen atoms in total. The third-order valence-electron chi connectivity index (χ3n) is 4.39. The second-order valence-corrected chi connectivity index (χ2v) is 8.22. The lowest BCUT2D eigenvalue weighted by Crippen LogP contribution is -2.16. The fraction of sp³-hybridized carbons (Fsp3) is 0.105. The van der Waals surface area contributed by atoms with Gasteiger partial charge in [-0.3, -0.25) is 4.57 Å². The van der Waals surface area contributed by atoms with Gasteiger partial charge in [-0.05, 0) is 37.3 Å². The number of aryl methyl sites for hydroxylation is 1. The van der Waals surface area contributed by atoms with E-state index >= 15 is 0 Å². The highest BCUT2D eigenvalue weighted by Crippen LogP contribution is 2.34. The average Bonchev–Trinajstić information content (AvgIpc) is 3.09. The minimum absolute atomic E-state index is 0.0128. The highest BCUT2D eigenvalue weighted by Gasteiger charge is 2.38. The number of alkyl halides is 3. The van der Waals surface area contributed by atoms with E-state index in [0.29, 0.717) is 11.3 Å². The number of imidazole rings is 1. The standard InChI is InChI=1S/C19H15F3N6O2S/c1-11-10-24-18(25-12-5-4-6-13(9-12)31(23,29)30)27-16(11)28-15-8-3-2-7-14(15)26-17(28)19(20,21)22/h2-10H,1H3,(H2,23,29,30)(H,24,25,27). The molecule has 2 aromatic heterocycles. The summed E-state index contributed by atoms with van der Waals surface area (Å²) in [7, 11) is -3.93. The minimum atomic E-state index is -4.71. The Hall–Kier alpha value is -3.51. The number of sulfonamides is 1. The van der Waals surface area contributed by atoms with Crippen molar-refractivity contribution in [3.8, 4) is 5.82 Å². The van der Waals surface area contributed by atoms with E-state index in [4.69, 9.17) is 5.14 Å². The summed E-state index contributed by atoms with van der Waals surface area (Å²) >= 11 is 0. The smallest absolute Gasteiger partial charge is 0.324 e. The van der Waals surface area contributed by atoms with Crippen molar-refractivity contribution in [1.82, 2.24) is 19.5 Å². The zero-order valence-electron chi connectivity index (χ0n) is 15.9. The number of hydrogen-bond acceptors (Lipinski definition) is 6. The summed E-state index contributed by atoms with van der Waals surface area (Å²) in [5.74, 6) is -1.16. The second kappa shape index (κ2) is 7.32. The molecule has 2 aromatic carbocycles. The average molecular weight is 448 g/mol. The molecule has 0 aliphatic rings. The molecule has 0 unspecified atom stereocenters. The molecule has 4 aromatic rings. The van der Waals surface area contributed by atoms with Crippen molar-refractivity contribution in [3.63, 3.8) is 0 Å². The van der Waals surface area contributed by atoms with Crippen LogP contribution in [0.1, 0.15) is 11.4 Å². The number of benzene rings is 2. The van der Waals surface area contributed by atoms with Crippen LogP contribution < -0.4 is 10.5 Å². The normalized spacial score (nSPS) is 12.3. The Kier molecular flexibility index (Phi) is 4.90. The van der Waals surface area contributed by atoms with Gasteiger partial charge in [0.15, 0.2) is 0 Å². The highest BCUT2D eigenvalue weighted by molar-refractivity contribution is 7.89. The maximum atomic E-state index is 13.7. The van der Waals surface area contributed by atoms with Gasteiger partial charge in [-0.15, -0.1) is 0 Å². The van der Waals surface area contributed by atoms with Crippen molar-refractivity contribution < 1.29 is 21.6 Å². The lowest BCUT2D eigenvalue weighted by Gasteiger charge is -2.14. The topological polar surface area (TPSA) is 116 Å². The van der Waals surface area contributed by atoms with Crippen LogP contribution in [0.4, 0.5) is 24.8 Å². The first-order valence-electron chi connectivity index (χ1n) is 8.82. The first-order valence-corrected chi connectivity index (χ1v) is 10.4. The number of hydrogen-bond donors (Lipinski definition) is 2. The van der Waals surface area contributed by atoms with E-state index < -0.39 is 22.0 Å². The maximum absolute atomic E-state index is 13.7. The van der Waals surface area contributed by atoms with Crippen molar-refractivity contribution in [2.75, 3.05) is 5.32 Å². The Morgan fingerprint density at radius 3 is 2.52 bits per heavy atom. The summed E-state index contributed by atoms with van der Waals surface area (Å²) in [5, 5.41) is 7.93. The molecule has 2 heterocycles. The molecule has 0 radical (unpaired) electrons. The van der Waals surface area contributed by atoms with Crippen molar-refractivity contribution in [3.05, 3.63) is 66.1 Å². The SMILES string of the molecule is Cc1cnc(Nc2cccc(S(N)(=O)=O)c2)nc1-n1c(C(F)(F)F)nc2ccccc21. The van der Waals surface area contributed by atoms with Crippen LogP contribution in [-0.4, -0.2) is 27.9 Å². The van der Waals surface area contributed by atoms with Crippen LogP contribution in [0.15, 0.2) is 59.6 Å². The molecule has 0 fully saturated rings. The first-order chi connectivity index (χ1) is 14.5. The monoisotopic (exact) mass is 448 g/mol. The maximum Gasteiger partial charge on any atom is 0.450 e. The van der Waals surface area contributed by atoms with Crippen LogP contribution in [0.5, 0.6) is 0 Å². The molecular formula is C19H15F3N6O2S. The van der Waals surface area contributed by atoms with Crippen molar-refractivity contribution in [2.24, 2.45) is 5.14 Å². The molecule has 0 saturated carbocycles. The fourth-order valence-electron chi connectivity index (χ4n) is 3.03. The summed E-state index contributed by atoms with van der Waals surface area (Å²) < 4.78 is 65.1. The zero-order chi connectivity index (χ0) is 22.4. The molecule has 0 saturated heterocycles. The zero-order valence-corrected chi connectivity index (χ0v) is 16.7. The van der Waals surface area contributed by atoms with E-state index in [9.17, 15) is 21.6 Å². The molecule has 31 heavy (non-hydrogen) atoms. The van der Waals surface area contributed by atoms with Gasteiger partial charge in [-0.2, -0.15) is 18.2 Å². The molecule has 0 aliphatic carbocycles. The first kappa shape index (κ1) is 20.8. The van der Waals surface area contributed by atoms with Gasteiger partial charge in [-0.1, -0.05) is 18.2 Å². The number of fused-ring (bicyclic) bond motifs is 1. The number of para-hydroxylation sites is 2. The molecule has 4 rings (SSSR count). The van der Waals surface area contributed by atoms with E-state index in [1.165, 1.54) is 36.5 Å². The largest absolute Gasteiger partial charge is 0.450 e. The van der Waals surface area contributed by atoms with Gasteiger partial charge in [0.1, 0.15) is 5.82 Å². The number of aromatic nitrogens is 4. The number of rotatable bonds is 4. The Balaban J connectivity index is 1.84. The highest BCUT2D eigenvalue weighted by atomic mass is 32.2. The van der Waals surface area contributed by atoms with Gasteiger partial charge >= 0.3 is 6.18 Å². The molecule has 12 heteroatoms. The number of nitrogens with zero attached hydrogens (tertiary/aromatic N) is 4. The third kappa shape index (κ3) is 4.07. The van der Waals surface area contributed by atoms with Crippen LogP contribution in [0.3, 0.4) is 0 Å². The van der Waals surface area contributed by atoms with Gasteiger partial charge in [0.2, 0.25) is 21.8 Å². The van der Waals surface area contributed by atoms with Crippen LogP contribution in [0.2, 0.25) is 0 Å². The second-order valence-electron chi connectivity index (χ2n) is 6.66. The van der Waals surface area contributed by atoms with E-state index in [0.717, 1.165) is 4.57 Å². The van der Waals surface area contributed by atoms with Gasteiger partial charge in [0.05, 0.1) is 15.9 Å². The van der Waals surface area contributed by atoms with E-state index in [-0.39, 0.29) is 27.7 Å². The Morgan fingerprint density at radius 2 is 1.81 bits per heavy atom.